The van der Waals surface area contributed by atoms with Gasteiger partial charge in [-0.15, -0.1) is 0 Å². The lowest BCUT2D eigenvalue weighted by Gasteiger charge is -2.11. The molecule has 0 aliphatic rings. The molecule has 2 rings (SSSR count). The van der Waals surface area contributed by atoms with E-state index in [1.807, 2.05) is 13.0 Å². The zero-order valence-electron chi connectivity index (χ0n) is 11.0. The Morgan fingerprint density at radius 2 is 2.05 bits per heavy atom. The summed E-state index contributed by atoms with van der Waals surface area (Å²) in [4.78, 5) is 12.1. The summed E-state index contributed by atoms with van der Waals surface area (Å²) in [6.07, 6.45) is 0. The van der Waals surface area contributed by atoms with Crippen molar-refractivity contribution in [2.45, 2.75) is 6.92 Å². The number of rotatable bonds is 4. The lowest BCUT2D eigenvalue weighted by atomic mass is 10.2. The highest BCUT2D eigenvalue weighted by Crippen LogP contribution is 2.24. The molecule has 5 heteroatoms. The third-order valence-electron chi connectivity index (χ3n) is 2.70. The van der Waals surface area contributed by atoms with Gasteiger partial charge in [0.2, 0.25) is 0 Å². The number of hydrogen-bond donors (Lipinski definition) is 2. The van der Waals surface area contributed by atoms with E-state index in [0.717, 1.165) is 6.07 Å². The highest BCUT2D eigenvalue weighted by molar-refractivity contribution is 6.05. The molecule has 0 saturated heterocycles. The minimum absolute atomic E-state index is 0.0104. The number of para-hydroxylation sites is 2. The van der Waals surface area contributed by atoms with E-state index in [0.29, 0.717) is 18.0 Å². The minimum atomic E-state index is -0.615. The Kier molecular flexibility index (Phi) is 4.20. The molecule has 4 nitrogen and oxygen atoms in total. The summed E-state index contributed by atoms with van der Waals surface area (Å²) in [6, 6.07) is 11.0. The highest BCUT2D eigenvalue weighted by Gasteiger charge is 2.11. The topological polar surface area (TPSA) is 64.3 Å². The van der Waals surface area contributed by atoms with Crippen LogP contribution in [-0.4, -0.2) is 12.5 Å². The first-order valence-electron chi connectivity index (χ1n) is 6.20. The Morgan fingerprint density at radius 1 is 1.30 bits per heavy atom. The number of halogens is 1. The summed E-state index contributed by atoms with van der Waals surface area (Å²) in [5.41, 5.74) is 6.12. The second-order valence-corrected chi connectivity index (χ2v) is 4.12. The van der Waals surface area contributed by atoms with Gasteiger partial charge < -0.3 is 15.8 Å². The van der Waals surface area contributed by atoms with Crippen LogP contribution in [0, 0.1) is 5.82 Å². The fourth-order valence-corrected chi connectivity index (χ4v) is 1.71. The van der Waals surface area contributed by atoms with E-state index in [4.69, 9.17) is 10.5 Å². The van der Waals surface area contributed by atoms with Crippen LogP contribution < -0.4 is 15.8 Å². The highest BCUT2D eigenvalue weighted by atomic mass is 19.1. The summed E-state index contributed by atoms with van der Waals surface area (Å²) in [5.74, 6) is -0.467. The standard InChI is InChI=1S/C15H15FN2O2/c1-2-20-14-6-4-3-5-13(14)18-15(19)10-7-8-12(17)11(16)9-10/h3-9H,2,17H2,1H3,(H,18,19). The SMILES string of the molecule is CCOc1ccccc1NC(=O)c1ccc(N)c(F)c1. The lowest BCUT2D eigenvalue weighted by Crippen LogP contribution is -2.13. The van der Waals surface area contributed by atoms with Gasteiger partial charge in [0, 0.05) is 5.56 Å². The van der Waals surface area contributed by atoms with E-state index in [-0.39, 0.29) is 11.3 Å². The molecule has 0 aromatic heterocycles. The molecular formula is C15H15FN2O2. The van der Waals surface area contributed by atoms with E-state index in [2.05, 4.69) is 5.32 Å². The monoisotopic (exact) mass is 274 g/mol. The van der Waals surface area contributed by atoms with Crippen molar-refractivity contribution in [3.05, 3.63) is 53.8 Å². The lowest BCUT2D eigenvalue weighted by molar-refractivity contribution is 0.102. The van der Waals surface area contributed by atoms with Gasteiger partial charge in [-0.05, 0) is 37.3 Å². The maximum Gasteiger partial charge on any atom is 0.255 e. The predicted octanol–water partition coefficient (Wildman–Crippen LogP) is 3.06. The predicted molar refractivity (Wildman–Crippen MR) is 76.4 cm³/mol. The van der Waals surface area contributed by atoms with E-state index < -0.39 is 11.7 Å². The number of nitrogen functional groups attached to an aromatic ring is 1. The number of hydrogen-bond acceptors (Lipinski definition) is 3. The number of benzene rings is 2. The molecule has 0 aliphatic heterocycles. The van der Waals surface area contributed by atoms with Crippen molar-refractivity contribution in [1.29, 1.82) is 0 Å². The van der Waals surface area contributed by atoms with Gasteiger partial charge in [0.1, 0.15) is 11.6 Å². The van der Waals surface area contributed by atoms with Crippen molar-refractivity contribution in [2.75, 3.05) is 17.7 Å². The molecule has 0 fully saturated rings. The van der Waals surface area contributed by atoms with E-state index in [1.165, 1.54) is 12.1 Å². The Morgan fingerprint density at radius 3 is 2.75 bits per heavy atom. The molecule has 0 bridgehead atoms. The molecule has 3 N–H and O–H groups in total. The molecule has 2 aromatic carbocycles. The number of anilines is 2. The van der Waals surface area contributed by atoms with Crippen molar-refractivity contribution in [2.24, 2.45) is 0 Å². The minimum Gasteiger partial charge on any atom is -0.492 e. The van der Waals surface area contributed by atoms with Crippen molar-refractivity contribution in [3.8, 4) is 5.75 Å². The van der Waals surface area contributed by atoms with Gasteiger partial charge in [0.15, 0.2) is 0 Å². The first kappa shape index (κ1) is 13.9. The molecule has 2 aromatic rings. The number of carbonyl (C=O) groups excluding carboxylic acids is 1. The number of nitrogens with one attached hydrogen (secondary N) is 1. The number of carbonyl (C=O) groups is 1. The van der Waals surface area contributed by atoms with Gasteiger partial charge in [-0.3, -0.25) is 4.79 Å². The fourth-order valence-electron chi connectivity index (χ4n) is 1.71. The van der Waals surface area contributed by atoms with Crippen molar-refractivity contribution < 1.29 is 13.9 Å². The van der Waals surface area contributed by atoms with Crippen LogP contribution in [0.3, 0.4) is 0 Å². The molecular weight excluding hydrogens is 259 g/mol. The summed E-state index contributed by atoms with van der Waals surface area (Å²) >= 11 is 0. The van der Waals surface area contributed by atoms with Gasteiger partial charge in [0.05, 0.1) is 18.0 Å². The maximum absolute atomic E-state index is 13.3. The van der Waals surface area contributed by atoms with Gasteiger partial charge in [-0.2, -0.15) is 0 Å². The fraction of sp³-hybridized carbons (Fsp3) is 0.133. The Hall–Kier alpha value is -2.56. The van der Waals surface area contributed by atoms with Crippen LogP contribution in [0.4, 0.5) is 15.8 Å². The Labute approximate surface area is 116 Å². The smallest absolute Gasteiger partial charge is 0.255 e. The van der Waals surface area contributed by atoms with Gasteiger partial charge in [-0.25, -0.2) is 4.39 Å². The van der Waals surface area contributed by atoms with Crippen LogP contribution in [-0.2, 0) is 0 Å². The first-order chi connectivity index (χ1) is 9.61. The molecule has 0 unspecified atom stereocenters. The molecule has 0 radical (unpaired) electrons. The van der Waals surface area contributed by atoms with E-state index in [1.54, 1.807) is 18.2 Å². The zero-order valence-corrected chi connectivity index (χ0v) is 11.0. The molecule has 0 spiro atoms. The van der Waals surface area contributed by atoms with Gasteiger partial charge in [-0.1, -0.05) is 12.1 Å². The quantitative estimate of drug-likeness (QED) is 0.842. The summed E-state index contributed by atoms with van der Waals surface area (Å²) in [6.45, 7) is 2.34. The van der Waals surface area contributed by atoms with E-state index in [9.17, 15) is 9.18 Å². The van der Waals surface area contributed by atoms with Crippen molar-refractivity contribution in [3.63, 3.8) is 0 Å². The largest absolute Gasteiger partial charge is 0.492 e. The average molecular weight is 274 g/mol. The second-order valence-electron chi connectivity index (χ2n) is 4.12. The molecule has 0 aliphatic carbocycles. The molecule has 0 saturated carbocycles. The van der Waals surface area contributed by atoms with Gasteiger partial charge >= 0.3 is 0 Å². The van der Waals surface area contributed by atoms with E-state index >= 15 is 0 Å². The molecule has 104 valence electrons. The normalized spacial score (nSPS) is 10.1. The molecule has 0 atom stereocenters. The van der Waals surface area contributed by atoms with Crippen LogP contribution in [0.2, 0.25) is 0 Å². The van der Waals surface area contributed by atoms with Crippen molar-refractivity contribution in [1.82, 2.24) is 0 Å². The van der Waals surface area contributed by atoms with Crippen LogP contribution in [0.1, 0.15) is 17.3 Å². The zero-order chi connectivity index (χ0) is 14.5. The number of ether oxygens (including phenoxy) is 1. The maximum atomic E-state index is 13.3. The summed E-state index contributed by atoms with van der Waals surface area (Å²) < 4.78 is 18.8. The molecule has 0 heterocycles. The number of amides is 1. The van der Waals surface area contributed by atoms with Crippen LogP contribution >= 0.6 is 0 Å². The van der Waals surface area contributed by atoms with Crippen LogP contribution in [0.25, 0.3) is 0 Å². The number of nitrogens with two attached hydrogens (primary N) is 1. The van der Waals surface area contributed by atoms with Crippen LogP contribution in [0.15, 0.2) is 42.5 Å². The third-order valence-corrected chi connectivity index (χ3v) is 2.70. The third kappa shape index (κ3) is 3.06. The summed E-state index contributed by atoms with van der Waals surface area (Å²) in [7, 11) is 0. The van der Waals surface area contributed by atoms with Crippen molar-refractivity contribution >= 4 is 17.3 Å². The van der Waals surface area contributed by atoms with Crippen LogP contribution in [0.5, 0.6) is 5.75 Å². The second kappa shape index (κ2) is 6.06. The average Bonchev–Trinajstić information content (AvgIpc) is 2.44. The Bertz CT molecular complexity index is 629. The summed E-state index contributed by atoms with van der Waals surface area (Å²) in [5, 5.41) is 2.69. The van der Waals surface area contributed by atoms with Gasteiger partial charge in [0.25, 0.3) is 5.91 Å². The first-order valence-corrected chi connectivity index (χ1v) is 6.20. The Balaban J connectivity index is 2.21. The molecule has 1 amide bonds. The molecule has 20 heavy (non-hydrogen) atoms.